The number of carbonyl (C=O) groups excluding carboxylic acids is 1. The first kappa shape index (κ1) is 14.9. The van der Waals surface area contributed by atoms with E-state index in [1.54, 1.807) is 26.0 Å². The zero-order valence-electron chi connectivity index (χ0n) is 11.5. The second kappa shape index (κ2) is 5.69. The number of hydrogen-bond donors (Lipinski definition) is 2. The number of aliphatic carboxylic acids is 1. The van der Waals surface area contributed by atoms with Crippen molar-refractivity contribution < 1.29 is 19.4 Å². The predicted molar refractivity (Wildman–Crippen MR) is 69.3 cm³/mol. The maximum absolute atomic E-state index is 12.1. The highest BCUT2D eigenvalue weighted by Crippen LogP contribution is 2.18. The molecule has 0 aromatic carbocycles. The van der Waals surface area contributed by atoms with Crippen LogP contribution >= 0.6 is 0 Å². The van der Waals surface area contributed by atoms with Crippen LogP contribution in [0.1, 0.15) is 36.3 Å². The van der Waals surface area contributed by atoms with Crippen molar-refractivity contribution in [3.63, 3.8) is 0 Å². The van der Waals surface area contributed by atoms with Gasteiger partial charge >= 0.3 is 5.97 Å². The van der Waals surface area contributed by atoms with Crippen molar-refractivity contribution in [3.8, 4) is 5.88 Å². The molecular formula is C13H18N2O4. The second-order valence-corrected chi connectivity index (χ2v) is 4.45. The lowest BCUT2D eigenvalue weighted by Crippen LogP contribution is -2.51. The van der Waals surface area contributed by atoms with Crippen molar-refractivity contribution >= 4 is 11.9 Å². The number of carboxylic acids is 1. The molecule has 6 nitrogen and oxygen atoms in total. The lowest BCUT2D eigenvalue weighted by atomic mass is 9.98. The summed E-state index contributed by atoms with van der Waals surface area (Å²) in [5.41, 5.74) is -0.383. The van der Waals surface area contributed by atoms with E-state index in [-0.39, 0.29) is 17.9 Å². The number of carbonyl (C=O) groups is 2. The Bertz CT molecular complexity index is 501. The van der Waals surface area contributed by atoms with Crippen LogP contribution in [-0.4, -0.2) is 34.6 Å². The fourth-order valence-electron chi connectivity index (χ4n) is 1.47. The molecular weight excluding hydrogens is 248 g/mol. The molecule has 19 heavy (non-hydrogen) atoms. The Morgan fingerprint density at radius 2 is 2.11 bits per heavy atom. The van der Waals surface area contributed by atoms with Crippen molar-refractivity contribution in [3.05, 3.63) is 23.4 Å². The maximum atomic E-state index is 12.1. The summed E-state index contributed by atoms with van der Waals surface area (Å²) in [5.74, 6) is -1.42. The molecule has 0 aliphatic heterocycles. The number of aryl methyl sites for hydroxylation is 1. The van der Waals surface area contributed by atoms with Crippen molar-refractivity contribution in [1.82, 2.24) is 10.3 Å². The average Bonchev–Trinajstić information content (AvgIpc) is 2.37. The van der Waals surface area contributed by atoms with Gasteiger partial charge in [-0.15, -0.1) is 0 Å². The summed E-state index contributed by atoms with van der Waals surface area (Å²) in [4.78, 5) is 27.4. The molecule has 1 unspecified atom stereocenters. The first-order chi connectivity index (χ1) is 8.84. The Morgan fingerprint density at radius 3 is 2.58 bits per heavy atom. The summed E-state index contributed by atoms with van der Waals surface area (Å²) in [6, 6.07) is 3.23. The molecule has 0 bridgehead atoms. The molecule has 0 radical (unpaired) electrons. The fraction of sp³-hybridized carbons (Fsp3) is 0.462. The number of nitrogens with one attached hydrogen (secondary N) is 1. The van der Waals surface area contributed by atoms with Gasteiger partial charge in [-0.05, 0) is 32.4 Å². The van der Waals surface area contributed by atoms with Crippen LogP contribution in [0.3, 0.4) is 0 Å². The normalized spacial score (nSPS) is 13.5. The van der Waals surface area contributed by atoms with Gasteiger partial charge in [0, 0.05) is 5.69 Å². The van der Waals surface area contributed by atoms with Gasteiger partial charge in [0.15, 0.2) is 0 Å². The number of methoxy groups -OCH3 is 1. The van der Waals surface area contributed by atoms with Gasteiger partial charge < -0.3 is 15.2 Å². The van der Waals surface area contributed by atoms with E-state index in [1.165, 1.54) is 14.0 Å². The third-order valence-corrected chi connectivity index (χ3v) is 3.01. The zero-order valence-corrected chi connectivity index (χ0v) is 11.5. The molecule has 1 aromatic rings. The molecule has 1 atom stereocenters. The van der Waals surface area contributed by atoms with E-state index in [9.17, 15) is 9.59 Å². The summed E-state index contributed by atoms with van der Waals surface area (Å²) >= 11 is 0. The highest BCUT2D eigenvalue weighted by atomic mass is 16.5. The van der Waals surface area contributed by atoms with E-state index in [4.69, 9.17) is 9.84 Å². The van der Waals surface area contributed by atoms with Crippen LogP contribution in [0.4, 0.5) is 0 Å². The largest absolute Gasteiger partial charge is 0.480 e. The van der Waals surface area contributed by atoms with Gasteiger partial charge in [0.25, 0.3) is 5.91 Å². The van der Waals surface area contributed by atoms with Crippen molar-refractivity contribution in [2.75, 3.05) is 7.11 Å². The van der Waals surface area contributed by atoms with E-state index in [1.807, 2.05) is 0 Å². The van der Waals surface area contributed by atoms with Gasteiger partial charge in [0.1, 0.15) is 11.1 Å². The molecule has 0 aliphatic rings. The molecule has 0 fully saturated rings. The van der Waals surface area contributed by atoms with E-state index in [0.717, 1.165) is 0 Å². The number of rotatable bonds is 5. The number of ether oxygens (including phenoxy) is 1. The minimum atomic E-state index is -1.31. The fourth-order valence-corrected chi connectivity index (χ4v) is 1.47. The molecule has 6 heteroatoms. The summed E-state index contributed by atoms with van der Waals surface area (Å²) in [6.07, 6.45) is 0.273. The number of amides is 1. The third-order valence-electron chi connectivity index (χ3n) is 3.01. The Kier molecular flexibility index (Phi) is 4.47. The van der Waals surface area contributed by atoms with Gasteiger partial charge in [-0.1, -0.05) is 6.92 Å². The number of pyridine rings is 1. The molecule has 0 saturated carbocycles. The quantitative estimate of drug-likeness (QED) is 0.840. The standard InChI is InChI=1S/C13H18N2O4/c1-5-13(3,12(17)18)15-10(16)9-7-6-8(2)14-11(9)19-4/h6-7H,5H2,1-4H3,(H,15,16)(H,17,18). The van der Waals surface area contributed by atoms with Crippen LogP contribution in [0.2, 0.25) is 0 Å². The highest BCUT2D eigenvalue weighted by molar-refractivity contribution is 5.99. The van der Waals surface area contributed by atoms with E-state index in [2.05, 4.69) is 10.3 Å². The lowest BCUT2D eigenvalue weighted by Gasteiger charge is -2.24. The van der Waals surface area contributed by atoms with Crippen LogP contribution in [0.15, 0.2) is 12.1 Å². The SMILES string of the molecule is CCC(C)(NC(=O)c1ccc(C)nc1OC)C(=O)O. The van der Waals surface area contributed by atoms with Gasteiger partial charge in [-0.25, -0.2) is 9.78 Å². The molecule has 0 saturated heterocycles. The molecule has 0 spiro atoms. The minimum absolute atomic E-state index is 0.182. The van der Waals surface area contributed by atoms with Gasteiger partial charge in [-0.2, -0.15) is 0 Å². The first-order valence-electron chi connectivity index (χ1n) is 5.91. The van der Waals surface area contributed by atoms with Crippen LogP contribution < -0.4 is 10.1 Å². The molecule has 1 aromatic heterocycles. The summed E-state index contributed by atoms with van der Waals surface area (Å²) in [7, 11) is 1.41. The molecule has 104 valence electrons. The monoisotopic (exact) mass is 266 g/mol. The van der Waals surface area contributed by atoms with Crippen LogP contribution in [0.5, 0.6) is 5.88 Å². The summed E-state index contributed by atoms with van der Waals surface area (Å²) < 4.78 is 5.04. The molecule has 1 amide bonds. The van der Waals surface area contributed by atoms with E-state index in [0.29, 0.717) is 5.69 Å². The first-order valence-corrected chi connectivity index (χ1v) is 5.91. The van der Waals surface area contributed by atoms with Crippen LogP contribution in [0.25, 0.3) is 0 Å². The van der Waals surface area contributed by atoms with Crippen LogP contribution in [0, 0.1) is 6.92 Å². The topological polar surface area (TPSA) is 88.5 Å². The Hall–Kier alpha value is -2.11. The van der Waals surface area contributed by atoms with Gasteiger partial charge in [-0.3, -0.25) is 4.79 Å². The maximum Gasteiger partial charge on any atom is 0.329 e. The number of aromatic nitrogens is 1. The van der Waals surface area contributed by atoms with Crippen LogP contribution in [-0.2, 0) is 4.79 Å². The Morgan fingerprint density at radius 1 is 1.47 bits per heavy atom. The predicted octanol–water partition coefficient (Wildman–Crippen LogP) is 1.38. The third kappa shape index (κ3) is 3.21. The van der Waals surface area contributed by atoms with E-state index < -0.39 is 17.4 Å². The lowest BCUT2D eigenvalue weighted by molar-refractivity contribution is -0.143. The van der Waals surface area contributed by atoms with Gasteiger partial charge in [0.2, 0.25) is 5.88 Å². The number of hydrogen-bond acceptors (Lipinski definition) is 4. The summed E-state index contributed by atoms with van der Waals surface area (Å²) in [6.45, 7) is 4.93. The average molecular weight is 266 g/mol. The van der Waals surface area contributed by atoms with Crippen molar-refractivity contribution in [1.29, 1.82) is 0 Å². The number of nitrogens with zero attached hydrogens (tertiary/aromatic N) is 1. The highest BCUT2D eigenvalue weighted by Gasteiger charge is 2.33. The molecule has 0 aliphatic carbocycles. The second-order valence-electron chi connectivity index (χ2n) is 4.45. The molecule has 1 rings (SSSR count). The zero-order chi connectivity index (χ0) is 14.6. The smallest absolute Gasteiger partial charge is 0.329 e. The number of carboxylic acid groups (broad SMARTS) is 1. The minimum Gasteiger partial charge on any atom is -0.480 e. The van der Waals surface area contributed by atoms with Crippen molar-refractivity contribution in [2.45, 2.75) is 32.7 Å². The van der Waals surface area contributed by atoms with Crippen molar-refractivity contribution in [2.24, 2.45) is 0 Å². The van der Waals surface area contributed by atoms with Gasteiger partial charge in [0.05, 0.1) is 7.11 Å². The molecule has 1 heterocycles. The Balaban J connectivity index is 3.05. The summed E-state index contributed by atoms with van der Waals surface area (Å²) in [5, 5.41) is 11.6. The molecule has 2 N–H and O–H groups in total. The van der Waals surface area contributed by atoms with E-state index >= 15 is 0 Å². The Labute approximate surface area is 111 Å².